The first-order valence-electron chi connectivity index (χ1n) is 3.75. The van der Waals surface area contributed by atoms with E-state index in [1.165, 1.54) is 0 Å². The number of nitrogens with zero attached hydrogens (tertiary/aromatic N) is 1. The van der Waals surface area contributed by atoms with Gasteiger partial charge >= 0.3 is 5.97 Å². The van der Waals surface area contributed by atoms with E-state index in [1.807, 2.05) is 0 Å². The number of carboxylic acids is 1. The van der Waals surface area contributed by atoms with E-state index in [2.05, 4.69) is 0 Å². The van der Waals surface area contributed by atoms with Gasteiger partial charge in [0.15, 0.2) is 0 Å². The molecule has 84 valence electrons. The summed E-state index contributed by atoms with van der Waals surface area (Å²) in [4.78, 5) is 10.3. The van der Waals surface area contributed by atoms with Gasteiger partial charge in [-0.25, -0.2) is 5.14 Å². The van der Waals surface area contributed by atoms with Gasteiger partial charge in [0.1, 0.15) is 6.04 Å². The molecule has 0 aromatic heterocycles. The normalized spacial score (nSPS) is 14.3. The van der Waals surface area contributed by atoms with Crippen LogP contribution in [0, 0.1) is 0 Å². The van der Waals surface area contributed by atoms with Gasteiger partial charge in [0.25, 0.3) is 10.2 Å². The highest BCUT2D eigenvalue weighted by Gasteiger charge is 2.22. The van der Waals surface area contributed by atoms with Crippen LogP contribution in [-0.2, 0) is 15.0 Å². The van der Waals surface area contributed by atoms with Crippen LogP contribution in [0.1, 0.15) is 0 Å². The van der Waals surface area contributed by atoms with Gasteiger partial charge in [-0.1, -0.05) is 0 Å². The minimum absolute atomic E-state index is 0.0444. The Morgan fingerprint density at radius 2 is 2.00 bits per heavy atom. The van der Waals surface area contributed by atoms with E-state index in [4.69, 9.17) is 21.7 Å². The number of carbonyl (C=O) groups is 1. The van der Waals surface area contributed by atoms with Gasteiger partial charge in [-0.05, 0) is 0 Å². The van der Waals surface area contributed by atoms with Crippen molar-refractivity contribution in [1.82, 2.24) is 4.31 Å². The van der Waals surface area contributed by atoms with Gasteiger partial charge in [-0.15, -0.1) is 0 Å². The first-order valence-corrected chi connectivity index (χ1v) is 5.25. The first kappa shape index (κ1) is 13.3. The average Bonchev–Trinajstić information content (AvgIpc) is 2.01. The van der Waals surface area contributed by atoms with Crippen molar-refractivity contribution in [2.75, 3.05) is 19.6 Å². The predicted molar refractivity (Wildman–Crippen MR) is 49.3 cm³/mol. The van der Waals surface area contributed by atoms with Gasteiger partial charge in [-0.2, -0.15) is 12.7 Å². The molecule has 0 spiro atoms. The van der Waals surface area contributed by atoms with E-state index in [9.17, 15) is 13.2 Å². The van der Waals surface area contributed by atoms with Crippen molar-refractivity contribution in [2.45, 2.75) is 6.04 Å². The lowest BCUT2D eigenvalue weighted by Crippen LogP contribution is -2.48. The molecule has 0 rings (SSSR count). The zero-order valence-electron chi connectivity index (χ0n) is 7.46. The molecule has 14 heavy (non-hydrogen) atoms. The van der Waals surface area contributed by atoms with E-state index >= 15 is 0 Å². The number of carboxylic acid groups (broad SMARTS) is 1. The molecule has 8 nitrogen and oxygen atoms in total. The molecule has 1 atom stereocenters. The minimum Gasteiger partial charge on any atom is -0.480 e. The second kappa shape index (κ2) is 5.22. The first-order chi connectivity index (χ1) is 6.29. The average molecular weight is 226 g/mol. The van der Waals surface area contributed by atoms with Crippen LogP contribution in [0.3, 0.4) is 0 Å². The maximum absolute atomic E-state index is 10.9. The molecule has 0 heterocycles. The maximum atomic E-state index is 10.9. The SMILES string of the molecule is NCCN(C[C@H](N)C(=O)O)S(N)(=O)=O. The summed E-state index contributed by atoms with van der Waals surface area (Å²) >= 11 is 0. The van der Waals surface area contributed by atoms with Crippen molar-refractivity contribution in [3.8, 4) is 0 Å². The van der Waals surface area contributed by atoms with Crippen molar-refractivity contribution in [3.63, 3.8) is 0 Å². The zero-order chi connectivity index (χ0) is 11.4. The van der Waals surface area contributed by atoms with Crippen molar-refractivity contribution < 1.29 is 18.3 Å². The summed E-state index contributed by atoms with van der Waals surface area (Å²) < 4.78 is 22.5. The molecule has 9 heteroatoms. The van der Waals surface area contributed by atoms with E-state index in [-0.39, 0.29) is 19.6 Å². The lowest BCUT2D eigenvalue weighted by atomic mass is 10.3. The van der Waals surface area contributed by atoms with Crippen LogP contribution in [0.25, 0.3) is 0 Å². The Hall–Kier alpha value is -0.740. The van der Waals surface area contributed by atoms with Crippen molar-refractivity contribution in [3.05, 3.63) is 0 Å². The Bertz CT molecular complexity index is 290. The van der Waals surface area contributed by atoms with Crippen LogP contribution >= 0.6 is 0 Å². The van der Waals surface area contributed by atoms with E-state index in [0.29, 0.717) is 0 Å². The molecule has 0 saturated carbocycles. The Morgan fingerprint density at radius 1 is 1.50 bits per heavy atom. The van der Waals surface area contributed by atoms with Gasteiger partial charge in [0.2, 0.25) is 0 Å². The van der Waals surface area contributed by atoms with Gasteiger partial charge in [0.05, 0.1) is 0 Å². The Kier molecular flexibility index (Phi) is 4.94. The second-order valence-electron chi connectivity index (χ2n) is 2.64. The molecule has 0 unspecified atom stereocenters. The standard InChI is InChI=1S/C5H14N4O4S/c6-1-2-9(14(8,12)13)3-4(7)5(10)11/h4H,1-3,6-7H2,(H,10,11)(H2,8,12,13)/t4-/m0/s1. The lowest BCUT2D eigenvalue weighted by molar-refractivity contribution is -0.138. The second-order valence-corrected chi connectivity index (χ2v) is 4.18. The molecule has 0 aliphatic rings. The maximum Gasteiger partial charge on any atom is 0.321 e. The topological polar surface area (TPSA) is 153 Å². The molecular weight excluding hydrogens is 212 g/mol. The molecule has 0 aliphatic heterocycles. The highest BCUT2D eigenvalue weighted by Crippen LogP contribution is 1.95. The summed E-state index contributed by atoms with van der Waals surface area (Å²) in [6, 6.07) is -1.31. The lowest BCUT2D eigenvalue weighted by Gasteiger charge is -2.20. The molecule has 0 aromatic rings. The van der Waals surface area contributed by atoms with Crippen molar-refractivity contribution in [2.24, 2.45) is 16.6 Å². The molecule has 7 N–H and O–H groups in total. The summed E-state index contributed by atoms with van der Waals surface area (Å²) in [6.45, 7) is -0.395. The molecule has 0 aromatic carbocycles. The summed E-state index contributed by atoms with van der Waals surface area (Å²) in [5, 5.41) is 13.3. The predicted octanol–water partition coefficient (Wildman–Crippen LogP) is -3.14. The van der Waals surface area contributed by atoms with Crippen LogP contribution in [0.15, 0.2) is 0 Å². The third-order valence-corrected chi connectivity index (χ3v) is 2.51. The van der Waals surface area contributed by atoms with Gasteiger partial charge in [0, 0.05) is 19.6 Å². The summed E-state index contributed by atoms with van der Waals surface area (Å²) in [7, 11) is -3.95. The van der Waals surface area contributed by atoms with E-state index in [1.54, 1.807) is 0 Å². The highest BCUT2D eigenvalue weighted by atomic mass is 32.2. The van der Waals surface area contributed by atoms with Crippen LogP contribution in [0.5, 0.6) is 0 Å². The van der Waals surface area contributed by atoms with Crippen molar-refractivity contribution in [1.29, 1.82) is 0 Å². The highest BCUT2D eigenvalue weighted by molar-refractivity contribution is 7.86. The molecule has 0 bridgehead atoms. The third kappa shape index (κ3) is 4.48. The zero-order valence-corrected chi connectivity index (χ0v) is 8.27. The number of aliphatic carboxylic acids is 1. The fourth-order valence-corrected chi connectivity index (χ4v) is 1.49. The van der Waals surface area contributed by atoms with Gasteiger partial charge in [-0.3, -0.25) is 4.79 Å². The Labute approximate surface area is 81.8 Å². The van der Waals surface area contributed by atoms with Crippen LogP contribution in [0.4, 0.5) is 0 Å². The Balaban J connectivity index is 4.46. The van der Waals surface area contributed by atoms with Crippen molar-refractivity contribution >= 4 is 16.2 Å². The number of rotatable bonds is 6. The summed E-state index contributed by atoms with van der Waals surface area (Å²) in [5.41, 5.74) is 10.3. The molecular formula is C5H14N4O4S. The number of hydrogen-bond donors (Lipinski definition) is 4. The van der Waals surface area contributed by atoms with Crippen LogP contribution < -0.4 is 16.6 Å². The van der Waals surface area contributed by atoms with Crippen LogP contribution in [-0.4, -0.2) is 49.5 Å². The smallest absolute Gasteiger partial charge is 0.321 e. The Morgan fingerprint density at radius 3 is 2.29 bits per heavy atom. The molecule has 0 radical (unpaired) electrons. The third-order valence-electron chi connectivity index (χ3n) is 1.46. The summed E-state index contributed by atoms with van der Waals surface area (Å²) in [6.07, 6.45) is 0. The largest absolute Gasteiger partial charge is 0.480 e. The molecule has 0 fully saturated rings. The minimum atomic E-state index is -3.95. The fraction of sp³-hybridized carbons (Fsp3) is 0.800. The number of nitrogens with two attached hydrogens (primary N) is 3. The van der Waals surface area contributed by atoms with Gasteiger partial charge < -0.3 is 16.6 Å². The van der Waals surface area contributed by atoms with E-state index in [0.717, 1.165) is 4.31 Å². The quantitative estimate of drug-likeness (QED) is 0.375. The van der Waals surface area contributed by atoms with Crippen LogP contribution in [0.2, 0.25) is 0 Å². The molecule has 0 aliphatic carbocycles. The van der Waals surface area contributed by atoms with E-state index < -0.39 is 22.2 Å². The fourth-order valence-electron chi connectivity index (χ4n) is 0.764. The number of hydrogen-bond acceptors (Lipinski definition) is 5. The molecule has 0 amide bonds. The molecule has 0 saturated heterocycles. The monoisotopic (exact) mass is 226 g/mol. The summed E-state index contributed by atoms with van der Waals surface area (Å²) in [5.74, 6) is -1.30.